The van der Waals surface area contributed by atoms with Crippen LogP contribution in [0.4, 0.5) is 0 Å². The van der Waals surface area contributed by atoms with Gasteiger partial charge in [0.2, 0.25) is 0 Å². The number of aliphatic imine (C=N–C) groups is 1. The fraction of sp³-hybridized carbons (Fsp3) is 0. The molecule has 6 heteroatoms. The predicted octanol–water partition coefficient (Wildman–Crippen LogP) is 12.2. The van der Waals surface area contributed by atoms with Gasteiger partial charge in [0.25, 0.3) is 0 Å². The first-order chi connectivity index (χ1) is 24.7. The van der Waals surface area contributed by atoms with Crippen LogP contribution < -0.4 is 5.43 Å². The molecule has 236 valence electrons. The average molecular weight is 677 g/mol. The summed E-state index contributed by atoms with van der Waals surface area (Å²) in [6.45, 7) is 0. The van der Waals surface area contributed by atoms with E-state index in [0.717, 1.165) is 33.3 Å². The number of amidine groups is 2. The van der Waals surface area contributed by atoms with Gasteiger partial charge >= 0.3 is 0 Å². The Balaban J connectivity index is 1.26. The Morgan fingerprint density at radius 1 is 0.520 bits per heavy atom. The summed E-state index contributed by atoms with van der Waals surface area (Å²) in [5, 5.41) is 16.7. The van der Waals surface area contributed by atoms with Gasteiger partial charge in [0.05, 0.1) is 20.4 Å². The number of fused-ring (bicyclic) bond motifs is 12. The maximum atomic E-state index is 9.28. The Bertz CT molecular complexity index is 2970. The molecule has 0 aliphatic carbocycles. The molecule has 0 fully saturated rings. The van der Waals surface area contributed by atoms with Crippen LogP contribution in [0.25, 0.3) is 73.3 Å². The van der Waals surface area contributed by atoms with Crippen molar-refractivity contribution < 1.29 is 0 Å². The van der Waals surface area contributed by atoms with Crippen molar-refractivity contribution in [1.82, 2.24) is 4.68 Å². The Morgan fingerprint density at radius 2 is 1.08 bits per heavy atom. The molecule has 0 spiro atoms. The Morgan fingerprint density at radius 3 is 1.82 bits per heavy atom. The lowest BCUT2D eigenvalue weighted by atomic mass is 10.0. The second-order valence-corrected chi connectivity index (χ2v) is 14.5. The van der Waals surface area contributed by atoms with Crippen LogP contribution in [0.15, 0.2) is 163 Å². The van der Waals surface area contributed by atoms with Gasteiger partial charge in [0.1, 0.15) is 0 Å². The molecule has 4 nitrogen and oxygen atoms in total. The van der Waals surface area contributed by atoms with Crippen molar-refractivity contribution in [3.05, 3.63) is 169 Å². The van der Waals surface area contributed by atoms with E-state index in [2.05, 4.69) is 101 Å². The molecule has 0 atom stereocenters. The molecule has 10 aromatic rings. The second kappa shape index (κ2) is 11.5. The molecule has 2 N–H and O–H groups in total. The van der Waals surface area contributed by atoms with Gasteiger partial charge in [0.15, 0.2) is 11.7 Å². The van der Waals surface area contributed by atoms with Crippen molar-refractivity contribution in [1.29, 1.82) is 5.41 Å². The SMILES string of the molecule is N=C(N=C(Nn1c2ccccc2c2c3c4ccccc4sc3c3sc4ccccc4c3c21)c1ccccc1)c1cccc(-c2ccccc2)c1. The van der Waals surface area contributed by atoms with Crippen LogP contribution in [-0.2, 0) is 0 Å². The molecule has 3 heterocycles. The van der Waals surface area contributed by atoms with Crippen molar-refractivity contribution in [3.63, 3.8) is 0 Å². The number of aromatic nitrogens is 1. The van der Waals surface area contributed by atoms with Crippen LogP contribution in [-0.4, -0.2) is 16.3 Å². The monoisotopic (exact) mass is 676 g/mol. The van der Waals surface area contributed by atoms with Crippen LogP contribution in [0.3, 0.4) is 0 Å². The first-order valence-electron chi connectivity index (χ1n) is 16.6. The Hall–Kier alpha value is -6.08. The molecule has 10 rings (SSSR count). The van der Waals surface area contributed by atoms with Gasteiger partial charge < -0.3 is 0 Å². The van der Waals surface area contributed by atoms with Crippen molar-refractivity contribution in [2.45, 2.75) is 0 Å². The number of nitrogens with one attached hydrogen (secondary N) is 2. The minimum absolute atomic E-state index is 0.187. The van der Waals surface area contributed by atoms with E-state index in [1.165, 1.54) is 51.1 Å². The van der Waals surface area contributed by atoms with E-state index in [0.29, 0.717) is 5.84 Å². The number of para-hydroxylation sites is 1. The minimum atomic E-state index is 0.187. The summed E-state index contributed by atoms with van der Waals surface area (Å²) in [5.74, 6) is 0.790. The largest absolute Gasteiger partial charge is 0.282 e. The third-order valence-corrected chi connectivity index (χ3v) is 12.0. The van der Waals surface area contributed by atoms with Crippen LogP contribution in [0.2, 0.25) is 0 Å². The zero-order chi connectivity index (χ0) is 33.2. The molecule has 0 saturated heterocycles. The van der Waals surface area contributed by atoms with E-state index in [1.54, 1.807) is 0 Å². The van der Waals surface area contributed by atoms with Crippen molar-refractivity contribution in [2.24, 2.45) is 4.99 Å². The minimum Gasteiger partial charge on any atom is -0.282 e. The topological polar surface area (TPSA) is 53.2 Å². The van der Waals surface area contributed by atoms with E-state index in [9.17, 15) is 5.41 Å². The fourth-order valence-corrected chi connectivity index (χ4v) is 9.80. The highest BCUT2D eigenvalue weighted by Crippen LogP contribution is 2.51. The van der Waals surface area contributed by atoms with Gasteiger partial charge in [-0.05, 0) is 35.4 Å². The smallest absolute Gasteiger partial charge is 0.154 e. The summed E-state index contributed by atoms with van der Waals surface area (Å²) < 4.78 is 7.40. The summed E-state index contributed by atoms with van der Waals surface area (Å²) in [6, 6.07) is 54.7. The Labute approximate surface area is 295 Å². The maximum absolute atomic E-state index is 9.28. The number of benzene rings is 7. The molecule has 0 radical (unpaired) electrons. The third-order valence-electron chi connectivity index (χ3n) is 9.49. The zero-order valence-electron chi connectivity index (χ0n) is 26.7. The van der Waals surface area contributed by atoms with E-state index in [-0.39, 0.29) is 5.84 Å². The van der Waals surface area contributed by atoms with Gasteiger partial charge in [-0.15, -0.1) is 22.7 Å². The molecule has 0 aliphatic rings. The highest BCUT2D eigenvalue weighted by Gasteiger charge is 2.24. The molecule has 0 saturated carbocycles. The standard InChI is InChI=1S/C44H28N4S2/c45-43(30-19-13-18-29(26-30)27-14-3-1-4-15-27)46-44(28-16-5-2-6-17-28)47-48-34-23-10-7-20-31(34)37-38-32-21-8-11-24-35(32)49-41(38)42-39(40(37)48)33-22-9-12-25-36(33)50-42/h1-26H,(H2,45,46,47). The molecular weight excluding hydrogens is 649 g/mol. The van der Waals surface area contributed by atoms with Crippen molar-refractivity contribution in [2.75, 3.05) is 5.43 Å². The van der Waals surface area contributed by atoms with Gasteiger partial charge in [-0.3, -0.25) is 15.5 Å². The average Bonchev–Trinajstić information content (AvgIpc) is 3.85. The van der Waals surface area contributed by atoms with Crippen molar-refractivity contribution in [3.8, 4) is 11.1 Å². The van der Waals surface area contributed by atoms with E-state index >= 15 is 0 Å². The predicted molar refractivity (Wildman–Crippen MR) is 216 cm³/mol. The van der Waals surface area contributed by atoms with Crippen LogP contribution in [0.5, 0.6) is 0 Å². The molecule has 7 aromatic carbocycles. The quantitative estimate of drug-likeness (QED) is 0.141. The van der Waals surface area contributed by atoms with E-state index in [1.807, 2.05) is 89.4 Å². The lowest BCUT2D eigenvalue weighted by Crippen LogP contribution is -2.25. The summed E-state index contributed by atoms with van der Waals surface area (Å²) >= 11 is 3.75. The van der Waals surface area contributed by atoms with Gasteiger partial charge in [-0.2, -0.15) is 0 Å². The van der Waals surface area contributed by atoms with E-state index < -0.39 is 0 Å². The third kappa shape index (κ3) is 4.50. The van der Waals surface area contributed by atoms with E-state index in [4.69, 9.17) is 4.99 Å². The highest BCUT2D eigenvalue weighted by atomic mass is 32.1. The molecule has 50 heavy (non-hydrogen) atoms. The number of thiophene rings is 2. The molecule has 0 aliphatic heterocycles. The number of rotatable bonds is 4. The van der Waals surface area contributed by atoms with Crippen LogP contribution >= 0.6 is 22.7 Å². The first-order valence-corrected chi connectivity index (χ1v) is 18.2. The highest BCUT2D eigenvalue weighted by molar-refractivity contribution is 7.33. The maximum Gasteiger partial charge on any atom is 0.154 e. The van der Waals surface area contributed by atoms with Gasteiger partial charge in [0, 0.05) is 52.8 Å². The first kappa shape index (κ1) is 28.9. The number of nitrogens with zero attached hydrogens (tertiary/aromatic N) is 2. The molecular formula is C44H28N4S2. The van der Waals surface area contributed by atoms with Crippen LogP contribution in [0, 0.1) is 5.41 Å². The summed E-state index contributed by atoms with van der Waals surface area (Å²) in [5.41, 5.74) is 9.79. The lowest BCUT2D eigenvalue weighted by Gasteiger charge is -2.15. The van der Waals surface area contributed by atoms with Gasteiger partial charge in [-0.1, -0.05) is 133 Å². The number of hydrogen-bond acceptors (Lipinski definition) is 3. The summed E-state index contributed by atoms with van der Waals surface area (Å²) in [4.78, 5) is 5.05. The molecule has 0 unspecified atom stereocenters. The molecule has 0 amide bonds. The number of hydrogen-bond donors (Lipinski definition) is 2. The zero-order valence-corrected chi connectivity index (χ0v) is 28.4. The normalized spacial score (nSPS) is 12.2. The summed E-state index contributed by atoms with van der Waals surface area (Å²) in [6.07, 6.45) is 0. The van der Waals surface area contributed by atoms with Crippen LogP contribution in [0.1, 0.15) is 11.1 Å². The Kier molecular flexibility index (Phi) is 6.66. The summed E-state index contributed by atoms with van der Waals surface area (Å²) in [7, 11) is 0. The molecule has 0 bridgehead atoms. The van der Waals surface area contributed by atoms with Crippen molar-refractivity contribution >= 4 is 96.5 Å². The second-order valence-electron chi connectivity index (χ2n) is 12.4. The molecule has 3 aromatic heterocycles. The lowest BCUT2D eigenvalue weighted by molar-refractivity contribution is 1.08. The fourth-order valence-electron chi connectivity index (χ4n) is 7.25. The van der Waals surface area contributed by atoms with Gasteiger partial charge in [-0.25, -0.2) is 4.99 Å².